The molecule has 4 nitrogen and oxygen atoms in total. The highest BCUT2D eigenvalue weighted by atomic mass is 16.5. The molecule has 1 aromatic rings. The Kier molecular flexibility index (Phi) is 3.66. The summed E-state index contributed by atoms with van der Waals surface area (Å²) in [5, 5.41) is 3.56. The van der Waals surface area contributed by atoms with Gasteiger partial charge in [-0.3, -0.25) is 0 Å². The van der Waals surface area contributed by atoms with Crippen molar-refractivity contribution in [3.63, 3.8) is 0 Å². The van der Waals surface area contributed by atoms with Crippen molar-refractivity contribution >= 4 is 0 Å². The topological polar surface area (TPSA) is 39.1 Å². The van der Waals surface area contributed by atoms with Gasteiger partial charge in [-0.1, -0.05) is 0 Å². The molecule has 1 aliphatic heterocycles. The molecule has 3 rings (SSSR count). The third kappa shape index (κ3) is 2.93. The molecule has 1 N–H and O–H groups in total. The number of aryl methyl sites for hydroxylation is 1. The van der Waals surface area contributed by atoms with Crippen LogP contribution in [0.15, 0.2) is 6.20 Å². The molecule has 1 unspecified atom stereocenters. The van der Waals surface area contributed by atoms with E-state index in [-0.39, 0.29) is 0 Å². The highest BCUT2D eigenvalue weighted by molar-refractivity contribution is 5.05. The molecule has 1 saturated heterocycles. The minimum Gasteiger partial charge on any atom is -0.378 e. The second kappa shape index (κ2) is 5.41. The molecule has 0 bridgehead atoms. The van der Waals surface area contributed by atoms with E-state index in [4.69, 9.17) is 4.74 Å². The molecule has 2 fully saturated rings. The van der Waals surface area contributed by atoms with E-state index in [9.17, 15) is 0 Å². The molecular weight excluding hydrogens is 226 g/mol. The maximum Gasteiger partial charge on any atom is 0.105 e. The summed E-state index contributed by atoms with van der Waals surface area (Å²) >= 11 is 0. The maximum absolute atomic E-state index is 5.69. The molecule has 0 spiro atoms. The van der Waals surface area contributed by atoms with Crippen molar-refractivity contribution in [1.82, 2.24) is 14.9 Å². The molecule has 2 heterocycles. The molecule has 1 aliphatic carbocycles. The van der Waals surface area contributed by atoms with Gasteiger partial charge in [0.1, 0.15) is 5.82 Å². The lowest BCUT2D eigenvalue weighted by Gasteiger charge is -2.14. The summed E-state index contributed by atoms with van der Waals surface area (Å²) in [6, 6.07) is 0.756. The Labute approximate surface area is 109 Å². The van der Waals surface area contributed by atoms with Crippen LogP contribution in [0.1, 0.15) is 43.6 Å². The van der Waals surface area contributed by atoms with Crippen LogP contribution in [0.4, 0.5) is 0 Å². The van der Waals surface area contributed by atoms with Crippen LogP contribution in [0.5, 0.6) is 0 Å². The summed E-state index contributed by atoms with van der Waals surface area (Å²) in [6.07, 6.45) is 8.73. The van der Waals surface area contributed by atoms with Gasteiger partial charge in [-0.05, 0) is 39.0 Å². The number of hydrogen-bond acceptors (Lipinski definition) is 3. The average Bonchev–Trinajstić information content (AvgIpc) is 2.93. The summed E-state index contributed by atoms with van der Waals surface area (Å²) in [5.41, 5.74) is 1.32. The summed E-state index contributed by atoms with van der Waals surface area (Å²) in [5.74, 6) is 1.13. The number of ether oxygens (including phenoxy) is 1. The second-order valence-corrected chi connectivity index (χ2v) is 5.53. The van der Waals surface area contributed by atoms with Gasteiger partial charge in [-0.15, -0.1) is 0 Å². The van der Waals surface area contributed by atoms with Gasteiger partial charge in [0.2, 0.25) is 0 Å². The monoisotopic (exact) mass is 249 g/mol. The maximum atomic E-state index is 5.69. The minimum absolute atomic E-state index is 0.469. The van der Waals surface area contributed by atoms with Crippen LogP contribution in [-0.2, 0) is 17.8 Å². The van der Waals surface area contributed by atoms with Crippen molar-refractivity contribution in [3.8, 4) is 0 Å². The Bertz CT molecular complexity index is 392. The summed E-state index contributed by atoms with van der Waals surface area (Å²) in [4.78, 5) is 4.44. The van der Waals surface area contributed by atoms with Gasteiger partial charge in [0.25, 0.3) is 0 Å². The van der Waals surface area contributed by atoms with E-state index in [1.807, 2.05) is 6.20 Å². The van der Waals surface area contributed by atoms with Gasteiger partial charge < -0.3 is 14.6 Å². The Morgan fingerprint density at radius 2 is 2.33 bits per heavy atom. The molecule has 1 atom stereocenters. The molecular formula is C14H23N3O. The third-order valence-electron chi connectivity index (χ3n) is 3.99. The predicted molar refractivity (Wildman–Crippen MR) is 70.4 cm³/mol. The molecule has 0 aromatic carbocycles. The predicted octanol–water partition coefficient (Wildman–Crippen LogP) is 2.01. The first kappa shape index (κ1) is 12.2. The number of imidazole rings is 1. The van der Waals surface area contributed by atoms with Crippen LogP contribution in [0.3, 0.4) is 0 Å². The van der Waals surface area contributed by atoms with E-state index in [2.05, 4.69) is 21.8 Å². The van der Waals surface area contributed by atoms with Crippen LogP contribution in [0.2, 0.25) is 0 Å². The minimum atomic E-state index is 0.469. The fourth-order valence-corrected chi connectivity index (χ4v) is 2.64. The molecule has 1 aromatic heterocycles. The standard InChI is InChI=1S/C14H23N3O/c1-11-15-9-13(10-16-12-4-5-12)17(11)7-6-14-3-2-8-18-14/h9,12,14,16H,2-8,10H2,1H3. The highest BCUT2D eigenvalue weighted by Gasteiger charge is 2.21. The van der Waals surface area contributed by atoms with E-state index in [0.717, 1.165) is 38.0 Å². The fourth-order valence-electron chi connectivity index (χ4n) is 2.64. The van der Waals surface area contributed by atoms with Crippen molar-refractivity contribution < 1.29 is 4.74 Å². The fraction of sp³-hybridized carbons (Fsp3) is 0.786. The normalized spacial score (nSPS) is 23.7. The van der Waals surface area contributed by atoms with Crippen molar-refractivity contribution in [2.45, 2.75) is 64.3 Å². The molecule has 4 heteroatoms. The number of hydrogen-bond donors (Lipinski definition) is 1. The lowest BCUT2D eigenvalue weighted by Crippen LogP contribution is -2.19. The van der Waals surface area contributed by atoms with Crippen LogP contribution >= 0.6 is 0 Å². The second-order valence-electron chi connectivity index (χ2n) is 5.53. The van der Waals surface area contributed by atoms with E-state index in [1.54, 1.807) is 0 Å². The van der Waals surface area contributed by atoms with Crippen LogP contribution in [-0.4, -0.2) is 28.3 Å². The van der Waals surface area contributed by atoms with Crippen LogP contribution < -0.4 is 5.32 Å². The lowest BCUT2D eigenvalue weighted by molar-refractivity contribution is 0.1000. The number of rotatable bonds is 6. The molecule has 1 saturated carbocycles. The zero-order valence-corrected chi connectivity index (χ0v) is 11.2. The van der Waals surface area contributed by atoms with Gasteiger partial charge >= 0.3 is 0 Å². The first-order valence-electron chi connectivity index (χ1n) is 7.19. The zero-order chi connectivity index (χ0) is 12.4. The van der Waals surface area contributed by atoms with Crippen molar-refractivity contribution in [3.05, 3.63) is 17.7 Å². The largest absolute Gasteiger partial charge is 0.378 e. The Morgan fingerprint density at radius 3 is 3.06 bits per heavy atom. The molecule has 100 valence electrons. The first-order valence-corrected chi connectivity index (χ1v) is 7.19. The van der Waals surface area contributed by atoms with Gasteiger partial charge in [-0.25, -0.2) is 4.98 Å². The average molecular weight is 249 g/mol. The number of nitrogens with one attached hydrogen (secondary N) is 1. The first-order chi connectivity index (χ1) is 8.83. The molecule has 0 radical (unpaired) electrons. The Hall–Kier alpha value is -0.870. The van der Waals surface area contributed by atoms with Gasteiger partial charge in [-0.2, -0.15) is 0 Å². The zero-order valence-electron chi connectivity index (χ0n) is 11.2. The molecule has 18 heavy (non-hydrogen) atoms. The van der Waals surface area contributed by atoms with E-state index in [0.29, 0.717) is 6.10 Å². The molecule has 2 aliphatic rings. The third-order valence-corrected chi connectivity index (χ3v) is 3.99. The summed E-state index contributed by atoms with van der Waals surface area (Å²) < 4.78 is 8.03. The van der Waals surface area contributed by atoms with Gasteiger partial charge in [0.05, 0.1) is 11.8 Å². The summed E-state index contributed by atoms with van der Waals surface area (Å²) in [6.45, 7) is 5.04. The number of aromatic nitrogens is 2. The highest BCUT2D eigenvalue weighted by Crippen LogP contribution is 2.20. The SMILES string of the molecule is Cc1ncc(CNC2CC2)n1CCC1CCCO1. The lowest BCUT2D eigenvalue weighted by atomic mass is 10.2. The smallest absolute Gasteiger partial charge is 0.105 e. The van der Waals surface area contributed by atoms with Crippen molar-refractivity contribution in [1.29, 1.82) is 0 Å². The van der Waals surface area contributed by atoms with E-state index < -0.39 is 0 Å². The molecule has 0 amide bonds. The quantitative estimate of drug-likeness (QED) is 0.838. The van der Waals surface area contributed by atoms with E-state index in [1.165, 1.54) is 31.4 Å². The van der Waals surface area contributed by atoms with Crippen LogP contribution in [0, 0.1) is 6.92 Å². The number of nitrogens with zero attached hydrogens (tertiary/aromatic N) is 2. The van der Waals surface area contributed by atoms with Crippen molar-refractivity contribution in [2.24, 2.45) is 0 Å². The van der Waals surface area contributed by atoms with E-state index >= 15 is 0 Å². The Balaban J connectivity index is 1.56. The van der Waals surface area contributed by atoms with Gasteiger partial charge in [0, 0.05) is 31.9 Å². The summed E-state index contributed by atoms with van der Waals surface area (Å²) in [7, 11) is 0. The Morgan fingerprint density at radius 1 is 1.44 bits per heavy atom. The van der Waals surface area contributed by atoms with Gasteiger partial charge in [0.15, 0.2) is 0 Å². The van der Waals surface area contributed by atoms with Crippen molar-refractivity contribution in [2.75, 3.05) is 6.61 Å². The van der Waals surface area contributed by atoms with Crippen LogP contribution in [0.25, 0.3) is 0 Å².